The molecule has 2 fully saturated rings. The molecule has 1 aromatic carbocycles. The molecule has 0 aliphatic carbocycles. The quantitative estimate of drug-likeness (QED) is 0.442. The van der Waals surface area contributed by atoms with Gasteiger partial charge in [-0.1, -0.05) is 28.9 Å². The Balaban J connectivity index is 1.28. The van der Waals surface area contributed by atoms with Crippen LogP contribution in [0.15, 0.2) is 47.0 Å². The summed E-state index contributed by atoms with van der Waals surface area (Å²) < 4.78 is 8.18. The number of rotatable bonds is 5. The number of hydrogen-bond acceptors (Lipinski definition) is 6. The summed E-state index contributed by atoms with van der Waals surface area (Å²) in [7, 11) is 2.20. The average Bonchev–Trinajstić information content (AvgIpc) is 3.56. The third-order valence-electron chi connectivity index (χ3n) is 6.99. The van der Waals surface area contributed by atoms with Crippen LogP contribution in [0.1, 0.15) is 42.0 Å². The maximum Gasteiger partial charge on any atom is 0.287 e. The van der Waals surface area contributed by atoms with E-state index in [0.29, 0.717) is 34.5 Å². The summed E-state index contributed by atoms with van der Waals surface area (Å²) in [5, 5.41) is 7.51. The lowest BCUT2D eigenvalue weighted by molar-refractivity contribution is 0.0869. The second-order valence-electron chi connectivity index (χ2n) is 8.99. The maximum atomic E-state index is 13.4. The van der Waals surface area contributed by atoms with E-state index in [2.05, 4.69) is 27.4 Å². The number of hydrogen-bond donors (Lipinski definition) is 1. The van der Waals surface area contributed by atoms with E-state index in [0.717, 1.165) is 34.4 Å². The van der Waals surface area contributed by atoms with Crippen LogP contribution in [0.5, 0.6) is 0 Å². The van der Waals surface area contributed by atoms with Gasteiger partial charge in [-0.15, -0.1) is 11.3 Å². The Morgan fingerprint density at radius 3 is 2.76 bits per heavy atom. The minimum Gasteiger partial charge on any atom is -0.355 e. The van der Waals surface area contributed by atoms with Crippen LogP contribution in [0.2, 0.25) is 4.34 Å². The van der Waals surface area contributed by atoms with Crippen LogP contribution in [0.4, 0.5) is 0 Å². The van der Waals surface area contributed by atoms with Crippen molar-refractivity contribution in [3.8, 4) is 10.6 Å². The van der Waals surface area contributed by atoms with E-state index < -0.39 is 0 Å². The zero-order valence-electron chi connectivity index (χ0n) is 18.2. The fraction of sp³-hybridized carbons (Fsp3) is 0.375. The van der Waals surface area contributed by atoms with Crippen LogP contribution >= 0.6 is 22.9 Å². The number of aromatic nitrogens is 3. The molecule has 2 unspecified atom stereocenters. The summed E-state index contributed by atoms with van der Waals surface area (Å²) in [6, 6.07) is 14.8. The molecule has 2 aliphatic rings. The summed E-state index contributed by atoms with van der Waals surface area (Å²) >= 11 is 7.50. The highest BCUT2D eigenvalue weighted by Crippen LogP contribution is 2.34. The summed E-state index contributed by atoms with van der Waals surface area (Å²) in [5.41, 5.74) is 2.42. The number of nitrogens with one attached hydrogen (secondary N) is 1. The molecule has 2 saturated heterocycles. The van der Waals surface area contributed by atoms with Gasteiger partial charge in [0.15, 0.2) is 11.6 Å². The van der Waals surface area contributed by atoms with Crippen molar-refractivity contribution in [2.45, 2.75) is 50.4 Å². The van der Waals surface area contributed by atoms with Crippen LogP contribution in [0, 0.1) is 0 Å². The molecular formula is C24H24ClN5O2S. The number of piperidine rings is 1. The zero-order chi connectivity index (χ0) is 22.5. The van der Waals surface area contributed by atoms with E-state index in [-0.39, 0.29) is 11.9 Å². The molecule has 6 rings (SSSR count). The van der Waals surface area contributed by atoms with Gasteiger partial charge in [0.1, 0.15) is 5.69 Å². The Labute approximate surface area is 200 Å². The lowest BCUT2D eigenvalue weighted by Crippen LogP contribution is -2.49. The van der Waals surface area contributed by atoms with Crippen LogP contribution in [0.25, 0.3) is 21.7 Å². The van der Waals surface area contributed by atoms with Gasteiger partial charge < -0.3 is 19.3 Å². The number of amides is 1. The van der Waals surface area contributed by atoms with Crippen molar-refractivity contribution in [3.05, 3.63) is 58.3 Å². The molecule has 2 aliphatic heterocycles. The first-order valence-corrected chi connectivity index (χ1v) is 12.4. The number of carbonyl (C=O) groups is 1. The summed E-state index contributed by atoms with van der Waals surface area (Å²) in [5.74, 6) is 0.944. The molecule has 170 valence electrons. The number of carbonyl (C=O) groups excluding carboxylic acids is 1. The topological polar surface area (TPSA) is 76.2 Å². The molecule has 1 amide bonds. The van der Waals surface area contributed by atoms with Gasteiger partial charge in [0.05, 0.1) is 26.8 Å². The molecule has 2 atom stereocenters. The van der Waals surface area contributed by atoms with E-state index in [1.807, 2.05) is 47.0 Å². The van der Waals surface area contributed by atoms with Crippen molar-refractivity contribution >= 4 is 39.9 Å². The molecule has 5 heterocycles. The Morgan fingerprint density at radius 1 is 1.21 bits per heavy atom. The van der Waals surface area contributed by atoms with Gasteiger partial charge in [0.2, 0.25) is 0 Å². The Morgan fingerprint density at radius 2 is 2.00 bits per heavy atom. The molecule has 7 nitrogen and oxygen atoms in total. The van der Waals surface area contributed by atoms with Gasteiger partial charge in [-0.25, -0.2) is 4.98 Å². The van der Waals surface area contributed by atoms with Gasteiger partial charge in [-0.2, -0.15) is 0 Å². The van der Waals surface area contributed by atoms with Gasteiger partial charge in [-0.3, -0.25) is 4.79 Å². The first-order valence-electron chi connectivity index (χ1n) is 11.2. The van der Waals surface area contributed by atoms with Crippen molar-refractivity contribution in [3.63, 3.8) is 0 Å². The second-order valence-corrected chi connectivity index (χ2v) is 10.7. The number of fused-ring (bicyclic) bond motifs is 3. The predicted octanol–water partition coefficient (Wildman–Crippen LogP) is 4.81. The highest BCUT2D eigenvalue weighted by molar-refractivity contribution is 7.19. The minimum atomic E-state index is -0.131. The molecule has 1 N–H and O–H groups in total. The third-order valence-corrected chi connectivity index (χ3v) is 8.23. The van der Waals surface area contributed by atoms with Crippen molar-refractivity contribution in [2.24, 2.45) is 0 Å². The molecule has 4 aromatic rings. The molecule has 0 spiro atoms. The van der Waals surface area contributed by atoms with Crippen molar-refractivity contribution in [1.82, 2.24) is 24.9 Å². The fourth-order valence-corrected chi connectivity index (χ4v) is 6.29. The lowest BCUT2D eigenvalue weighted by atomic mass is 9.98. The van der Waals surface area contributed by atoms with Gasteiger partial charge in [0, 0.05) is 24.2 Å². The van der Waals surface area contributed by atoms with Crippen molar-refractivity contribution in [2.75, 3.05) is 7.05 Å². The van der Waals surface area contributed by atoms with E-state index in [4.69, 9.17) is 16.1 Å². The molecule has 33 heavy (non-hydrogen) atoms. The SMILES string of the molecule is CN1C2CCC1CC(NC(=O)c1nc3ccccc3n1Cc1cc(-c3ccc(Cl)s3)on1)C2. The average molecular weight is 482 g/mol. The van der Waals surface area contributed by atoms with Crippen molar-refractivity contribution in [1.29, 1.82) is 0 Å². The predicted molar refractivity (Wildman–Crippen MR) is 129 cm³/mol. The second kappa shape index (κ2) is 8.27. The van der Waals surface area contributed by atoms with Gasteiger partial charge in [-0.05, 0) is 57.0 Å². The highest BCUT2D eigenvalue weighted by Gasteiger charge is 2.39. The first-order chi connectivity index (χ1) is 16.0. The van der Waals surface area contributed by atoms with E-state index in [1.54, 1.807) is 0 Å². The molecule has 0 radical (unpaired) electrons. The maximum absolute atomic E-state index is 13.4. The standard InChI is InChI=1S/C24H24ClN5O2S/c1-29-16-6-7-17(29)11-14(10-16)26-24(31)23-27-18-4-2-3-5-19(18)30(23)13-15-12-20(32-28-15)21-8-9-22(25)33-21/h2-5,8-9,12,14,16-17H,6-7,10-11,13H2,1H3,(H,26,31). The summed E-state index contributed by atoms with van der Waals surface area (Å²) in [4.78, 5) is 21.4. The molecule has 2 bridgehead atoms. The van der Waals surface area contributed by atoms with E-state index in [1.165, 1.54) is 24.2 Å². The van der Waals surface area contributed by atoms with Gasteiger partial charge >= 0.3 is 0 Å². The largest absolute Gasteiger partial charge is 0.355 e. The number of benzene rings is 1. The third kappa shape index (κ3) is 3.86. The molecule has 3 aromatic heterocycles. The summed E-state index contributed by atoms with van der Waals surface area (Å²) in [6.07, 6.45) is 4.43. The van der Waals surface area contributed by atoms with Crippen LogP contribution in [-0.2, 0) is 6.54 Å². The number of thiophene rings is 1. The van der Waals surface area contributed by atoms with Crippen molar-refractivity contribution < 1.29 is 9.32 Å². The number of imidazole rings is 1. The smallest absolute Gasteiger partial charge is 0.287 e. The van der Waals surface area contributed by atoms with Crippen LogP contribution in [-0.4, -0.2) is 50.7 Å². The lowest BCUT2D eigenvalue weighted by Gasteiger charge is -2.36. The van der Waals surface area contributed by atoms with Gasteiger partial charge in [0.25, 0.3) is 5.91 Å². The van der Waals surface area contributed by atoms with Crippen LogP contribution < -0.4 is 5.32 Å². The number of para-hydroxylation sites is 2. The molecule has 9 heteroatoms. The Bertz CT molecular complexity index is 1310. The molecule has 0 saturated carbocycles. The van der Waals surface area contributed by atoms with E-state index >= 15 is 0 Å². The number of nitrogens with zero attached hydrogens (tertiary/aromatic N) is 4. The first kappa shape index (κ1) is 20.9. The highest BCUT2D eigenvalue weighted by atomic mass is 35.5. The Kier molecular flexibility index (Phi) is 5.24. The fourth-order valence-electron chi connectivity index (χ4n) is 5.30. The minimum absolute atomic E-state index is 0.131. The normalized spacial score (nSPS) is 22.8. The monoisotopic (exact) mass is 481 g/mol. The number of halogens is 1. The van der Waals surface area contributed by atoms with Crippen LogP contribution in [0.3, 0.4) is 0 Å². The van der Waals surface area contributed by atoms with E-state index in [9.17, 15) is 4.79 Å². The zero-order valence-corrected chi connectivity index (χ0v) is 19.8. The Hall–Kier alpha value is -2.68. The molecular weight excluding hydrogens is 458 g/mol. The summed E-state index contributed by atoms with van der Waals surface area (Å²) in [6.45, 7) is 0.393.